The topological polar surface area (TPSA) is 97.3 Å². The van der Waals surface area contributed by atoms with Gasteiger partial charge in [-0.25, -0.2) is 13.8 Å². The molecule has 2 aromatic carbocycles. The minimum absolute atomic E-state index is 0.332. The molecule has 0 saturated heterocycles. The van der Waals surface area contributed by atoms with Crippen LogP contribution in [0, 0.1) is 6.92 Å². The van der Waals surface area contributed by atoms with Gasteiger partial charge in [-0.1, -0.05) is 17.7 Å². The molecule has 2 rings (SSSR count). The molecule has 1 amide bonds. The van der Waals surface area contributed by atoms with Gasteiger partial charge in [0.1, 0.15) is 6.54 Å². The molecule has 0 fully saturated rings. The van der Waals surface area contributed by atoms with Crippen LogP contribution in [0.3, 0.4) is 0 Å². The normalized spacial score (nSPS) is 11.3. The molecule has 0 spiro atoms. The average Bonchev–Trinajstić information content (AvgIpc) is 2.67. The number of rotatable bonds is 8. The fraction of sp³-hybridized carbons (Fsp3) is 0.263. The van der Waals surface area contributed by atoms with Crippen LogP contribution in [-0.4, -0.2) is 47.6 Å². The lowest BCUT2D eigenvalue weighted by Crippen LogP contribution is -2.39. The van der Waals surface area contributed by atoms with Gasteiger partial charge in [0.05, 0.1) is 32.4 Å². The molecular formula is C19H22ClN3O5S. The van der Waals surface area contributed by atoms with Crippen LogP contribution < -0.4 is 19.2 Å². The Morgan fingerprint density at radius 3 is 2.52 bits per heavy atom. The average molecular weight is 440 g/mol. The highest BCUT2D eigenvalue weighted by atomic mass is 35.5. The number of anilines is 1. The molecular weight excluding hydrogens is 418 g/mol. The van der Waals surface area contributed by atoms with Crippen molar-refractivity contribution in [2.75, 3.05) is 31.3 Å². The Kier molecular flexibility index (Phi) is 7.46. The lowest BCUT2D eigenvalue weighted by Gasteiger charge is -2.23. The third-order valence-electron chi connectivity index (χ3n) is 4.01. The van der Waals surface area contributed by atoms with Crippen molar-refractivity contribution >= 4 is 39.4 Å². The van der Waals surface area contributed by atoms with E-state index in [1.54, 1.807) is 43.3 Å². The maximum atomic E-state index is 12.3. The van der Waals surface area contributed by atoms with E-state index >= 15 is 0 Å². The number of hydrogen-bond acceptors (Lipinski definition) is 6. The molecule has 10 heteroatoms. The minimum atomic E-state index is -3.71. The zero-order valence-electron chi connectivity index (χ0n) is 16.5. The van der Waals surface area contributed by atoms with Crippen LogP contribution in [-0.2, 0) is 14.8 Å². The van der Waals surface area contributed by atoms with Gasteiger partial charge in [0.2, 0.25) is 10.0 Å². The van der Waals surface area contributed by atoms with Gasteiger partial charge in [-0.05, 0) is 48.4 Å². The van der Waals surface area contributed by atoms with Crippen molar-refractivity contribution in [3.05, 3.63) is 52.5 Å². The fourth-order valence-electron chi connectivity index (χ4n) is 2.53. The molecule has 2 aromatic rings. The van der Waals surface area contributed by atoms with Crippen molar-refractivity contribution < 1.29 is 22.7 Å². The standard InChI is InChI=1S/C19H22ClN3O5S/c1-13-15(20)6-5-7-16(13)23(29(4,25)26)12-19(24)22-21-11-14-8-9-17(27-2)18(10-14)28-3/h5-11H,12H2,1-4H3,(H,22,24)/b21-11-. The molecule has 0 heterocycles. The number of ether oxygens (including phenoxy) is 2. The first-order valence-electron chi connectivity index (χ1n) is 8.44. The van der Waals surface area contributed by atoms with Crippen LogP contribution in [0.1, 0.15) is 11.1 Å². The summed E-state index contributed by atoms with van der Waals surface area (Å²) >= 11 is 6.08. The Bertz CT molecular complexity index is 1020. The molecule has 0 aliphatic rings. The van der Waals surface area contributed by atoms with Gasteiger partial charge in [-0.2, -0.15) is 5.10 Å². The highest BCUT2D eigenvalue weighted by Crippen LogP contribution is 2.28. The van der Waals surface area contributed by atoms with Crippen LogP contribution >= 0.6 is 11.6 Å². The van der Waals surface area contributed by atoms with Crippen molar-refractivity contribution in [3.63, 3.8) is 0 Å². The largest absolute Gasteiger partial charge is 0.493 e. The van der Waals surface area contributed by atoms with Crippen molar-refractivity contribution in [3.8, 4) is 11.5 Å². The van der Waals surface area contributed by atoms with E-state index in [0.29, 0.717) is 33.3 Å². The SMILES string of the molecule is COc1ccc(/C=N\NC(=O)CN(c2cccc(Cl)c2C)S(C)(=O)=O)cc1OC. The van der Waals surface area contributed by atoms with Crippen molar-refractivity contribution in [2.24, 2.45) is 5.10 Å². The van der Waals surface area contributed by atoms with Gasteiger partial charge in [0.25, 0.3) is 5.91 Å². The second kappa shape index (κ2) is 9.62. The van der Waals surface area contributed by atoms with E-state index < -0.39 is 22.5 Å². The van der Waals surface area contributed by atoms with E-state index in [1.807, 2.05) is 0 Å². The van der Waals surface area contributed by atoms with Gasteiger partial charge in [-0.15, -0.1) is 0 Å². The number of nitrogens with one attached hydrogen (secondary N) is 1. The molecule has 0 radical (unpaired) electrons. The summed E-state index contributed by atoms with van der Waals surface area (Å²) in [5, 5.41) is 4.28. The first kappa shape index (κ1) is 22.5. The van der Waals surface area contributed by atoms with Crippen molar-refractivity contribution in [1.82, 2.24) is 5.43 Å². The number of hydrazone groups is 1. The zero-order valence-corrected chi connectivity index (χ0v) is 18.0. The molecule has 0 unspecified atom stereocenters. The summed E-state index contributed by atoms with van der Waals surface area (Å²) in [6, 6.07) is 9.98. The maximum Gasteiger partial charge on any atom is 0.260 e. The second-order valence-electron chi connectivity index (χ2n) is 6.06. The smallest absolute Gasteiger partial charge is 0.260 e. The first-order valence-corrected chi connectivity index (χ1v) is 10.7. The van der Waals surface area contributed by atoms with Gasteiger partial charge in [0, 0.05) is 5.02 Å². The zero-order chi connectivity index (χ0) is 21.6. The molecule has 0 atom stereocenters. The summed E-state index contributed by atoms with van der Waals surface area (Å²) < 4.78 is 35.7. The van der Waals surface area contributed by atoms with Crippen LogP contribution in [0.2, 0.25) is 5.02 Å². The van der Waals surface area contributed by atoms with E-state index in [0.717, 1.165) is 10.6 Å². The van der Waals surface area contributed by atoms with Gasteiger partial charge >= 0.3 is 0 Å². The molecule has 0 aromatic heterocycles. The predicted octanol–water partition coefficient (Wildman–Crippen LogP) is 2.58. The highest BCUT2D eigenvalue weighted by molar-refractivity contribution is 7.92. The molecule has 156 valence electrons. The van der Waals surface area contributed by atoms with Gasteiger partial charge in [-0.3, -0.25) is 9.10 Å². The Morgan fingerprint density at radius 1 is 1.21 bits per heavy atom. The molecule has 0 saturated carbocycles. The summed E-state index contributed by atoms with van der Waals surface area (Å²) in [5.41, 5.74) is 3.87. The van der Waals surface area contributed by atoms with Crippen molar-refractivity contribution in [1.29, 1.82) is 0 Å². The Labute approximate surface area is 175 Å². The van der Waals surface area contributed by atoms with E-state index in [2.05, 4.69) is 10.5 Å². The number of methoxy groups -OCH3 is 2. The van der Waals surface area contributed by atoms with Gasteiger partial charge < -0.3 is 9.47 Å². The number of sulfonamides is 1. The lowest BCUT2D eigenvalue weighted by atomic mass is 10.2. The number of halogens is 1. The minimum Gasteiger partial charge on any atom is -0.493 e. The summed E-state index contributed by atoms with van der Waals surface area (Å²) in [6.45, 7) is 1.24. The third kappa shape index (κ3) is 5.85. The highest BCUT2D eigenvalue weighted by Gasteiger charge is 2.23. The summed E-state index contributed by atoms with van der Waals surface area (Å²) in [4.78, 5) is 12.3. The second-order valence-corrected chi connectivity index (χ2v) is 8.38. The van der Waals surface area contributed by atoms with Crippen LogP contribution in [0.15, 0.2) is 41.5 Å². The lowest BCUT2D eigenvalue weighted by molar-refractivity contribution is -0.119. The summed E-state index contributed by atoms with van der Waals surface area (Å²) in [7, 11) is -0.674. The number of amides is 1. The fourth-order valence-corrected chi connectivity index (χ4v) is 3.60. The van der Waals surface area contributed by atoms with Crippen LogP contribution in [0.4, 0.5) is 5.69 Å². The number of hydrogen-bond donors (Lipinski definition) is 1. The molecule has 29 heavy (non-hydrogen) atoms. The van der Waals surface area contributed by atoms with Crippen LogP contribution in [0.5, 0.6) is 11.5 Å². The number of benzene rings is 2. The monoisotopic (exact) mass is 439 g/mol. The van der Waals surface area contributed by atoms with E-state index in [9.17, 15) is 13.2 Å². The van der Waals surface area contributed by atoms with Crippen LogP contribution in [0.25, 0.3) is 0 Å². The Morgan fingerprint density at radius 2 is 1.90 bits per heavy atom. The molecule has 1 N–H and O–H groups in total. The first-order chi connectivity index (χ1) is 13.7. The molecule has 0 bridgehead atoms. The Balaban J connectivity index is 2.13. The molecule has 8 nitrogen and oxygen atoms in total. The quantitative estimate of drug-likeness (QED) is 0.503. The number of nitrogens with zero attached hydrogens (tertiary/aromatic N) is 2. The maximum absolute atomic E-state index is 12.3. The summed E-state index contributed by atoms with van der Waals surface area (Å²) in [5.74, 6) is 0.475. The number of carbonyl (C=O) groups is 1. The summed E-state index contributed by atoms with van der Waals surface area (Å²) in [6.07, 6.45) is 2.43. The van der Waals surface area contributed by atoms with Gasteiger partial charge in [0.15, 0.2) is 11.5 Å². The predicted molar refractivity (Wildman–Crippen MR) is 114 cm³/mol. The Hall–Kier alpha value is -2.78. The van der Waals surface area contributed by atoms with E-state index in [-0.39, 0.29) is 0 Å². The van der Waals surface area contributed by atoms with E-state index in [4.69, 9.17) is 21.1 Å². The molecule has 0 aliphatic carbocycles. The van der Waals surface area contributed by atoms with Crippen molar-refractivity contribution in [2.45, 2.75) is 6.92 Å². The van der Waals surface area contributed by atoms with E-state index in [1.165, 1.54) is 20.4 Å². The number of carbonyl (C=O) groups excluding carboxylic acids is 1. The molecule has 0 aliphatic heterocycles. The third-order valence-corrected chi connectivity index (χ3v) is 5.54.